The molecule has 0 aliphatic carbocycles. The van der Waals surface area contributed by atoms with Gasteiger partial charge in [-0.25, -0.2) is 14.6 Å². The summed E-state index contributed by atoms with van der Waals surface area (Å²) in [6.07, 6.45) is 3.23. The Hall–Kier alpha value is -4.68. The van der Waals surface area contributed by atoms with Gasteiger partial charge in [0.05, 0.1) is 18.7 Å². The summed E-state index contributed by atoms with van der Waals surface area (Å²) in [5.41, 5.74) is 1.59. The van der Waals surface area contributed by atoms with Crippen molar-refractivity contribution in [3.8, 4) is 17.2 Å². The molecular formula is C25H21N5O4. The first-order valence-electron chi connectivity index (χ1n) is 10.3. The molecule has 0 fully saturated rings. The number of carbonyl (C=O) groups excluding carboxylic acids is 1. The number of anilines is 2. The number of nitrogens with zero attached hydrogens (tertiary/aromatic N) is 3. The number of benzene rings is 2. The summed E-state index contributed by atoms with van der Waals surface area (Å²) in [6, 6.07) is 16.9. The zero-order valence-corrected chi connectivity index (χ0v) is 18.3. The second kappa shape index (κ2) is 10.8. The fourth-order valence-electron chi connectivity index (χ4n) is 3.11. The van der Waals surface area contributed by atoms with Crippen LogP contribution in [-0.4, -0.2) is 36.3 Å². The number of fused-ring (bicyclic) bond motifs is 1. The third-order valence-corrected chi connectivity index (χ3v) is 4.69. The van der Waals surface area contributed by atoms with Gasteiger partial charge in [-0.15, -0.1) is 0 Å². The molecule has 2 aromatic heterocycles. The van der Waals surface area contributed by atoms with Crippen molar-refractivity contribution in [1.82, 2.24) is 9.97 Å². The van der Waals surface area contributed by atoms with E-state index in [4.69, 9.17) is 20.8 Å². The Morgan fingerprint density at radius 3 is 2.56 bits per heavy atom. The molecule has 9 heteroatoms. The van der Waals surface area contributed by atoms with Crippen molar-refractivity contribution in [3.05, 3.63) is 84.5 Å². The highest BCUT2D eigenvalue weighted by Crippen LogP contribution is 2.37. The number of ether oxygens (including phenoxy) is 3. The molecule has 0 radical (unpaired) electrons. The lowest BCUT2D eigenvalue weighted by Gasteiger charge is -2.12. The monoisotopic (exact) mass is 455 g/mol. The maximum Gasteiger partial charge on any atom is 0.324 e. The van der Waals surface area contributed by atoms with Crippen LogP contribution in [0.5, 0.6) is 17.2 Å². The smallest absolute Gasteiger partial charge is 0.324 e. The highest BCUT2D eigenvalue weighted by molar-refractivity contribution is 5.99. The minimum absolute atomic E-state index is 0.334. The van der Waals surface area contributed by atoms with Crippen LogP contribution >= 0.6 is 0 Å². The molecule has 2 amide bonds. The van der Waals surface area contributed by atoms with E-state index in [1.807, 2.05) is 0 Å². The molecule has 0 unspecified atom stereocenters. The van der Waals surface area contributed by atoms with E-state index in [2.05, 4.69) is 25.4 Å². The van der Waals surface area contributed by atoms with E-state index < -0.39 is 6.03 Å². The van der Waals surface area contributed by atoms with Gasteiger partial charge in [-0.3, -0.25) is 10.3 Å². The molecule has 2 heterocycles. The van der Waals surface area contributed by atoms with Crippen LogP contribution in [-0.2, 0) is 4.74 Å². The van der Waals surface area contributed by atoms with Crippen LogP contribution in [0.4, 0.5) is 22.0 Å². The van der Waals surface area contributed by atoms with Gasteiger partial charge < -0.3 is 19.5 Å². The summed E-state index contributed by atoms with van der Waals surface area (Å²) in [7, 11) is 1.59. The highest BCUT2D eigenvalue weighted by Gasteiger charge is 2.12. The van der Waals surface area contributed by atoms with Crippen molar-refractivity contribution >= 4 is 34.1 Å². The molecule has 0 aliphatic heterocycles. The van der Waals surface area contributed by atoms with Gasteiger partial charge in [-0.2, -0.15) is 0 Å². The Labute approximate surface area is 196 Å². The van der Waals surface area contributed by atoms with E-state index in [-0.39, 0.29) is 0 Å². The van der Waals surface area contributed by atoms with Crippen molar-refractivity contribution in [1.29, 1.82) is 0 Å². The van der Waals surface area contributed by atoms with E-state index >= 15 is 0 Å². The van der Waals surface area contributed by atoms with Crippen molar-refractivity contribution in [3.63, 3.8) is 0 Å². The van der Waals surface area contributed by atoms with Gasteiger partial charge in [0.2, 0.25) is 5.69 Å². The number of pyridine rings is 2. The first-order chi connectivity index (χ1) is 16.7. The van der Waals surface area contributed by atoms with Crippen LogP contribution in [0.1, 0.15) is 0 Å². The van der Waals surface area contributed by atoms with E-state index in [1.54, 1.807) is 80.2 Å². The average molecular weight is 455 g/mol. The number of hydrogen-bond donors (Lipinski definition) is 2. The van der Waals surface area contributed by atoms with Gasteiger partial charge >= 0.3 is 6.03 Å². The number of amides is 2. The molecule has 0 saturated heterocycles. The maximum absolute atomic E-state index is 12.1. The largest absolute Gasteiger partial charge is 0.502 e. The minimum Gasteiger partial charge on any atom is -0.502 e. The van der Waals surface area contributed by atoms with Gasteiger partial charge in [-0.05, 0) is 54.6 Å². The first-order valence-corrected chi connectivity index (χ1v) is 10.3. The minimum atomic E-state index is -0.400. The van der Waals surface area contributed by atoms with Gasteiger partial charge in [0.1, 0.15) is 29.7 Å². The number of carbonyl (C=O) groups is 1. The van der Waals surface area contributed by atoms with Crippen LogP contribution in [0.25, 0.3) is 15.7 Å². The van der Waals surface area contributed by atoms with E-state index in [0.717, 1.165) is 0 Å². The van der Waals surface area contributed by atoms with Gasteiger partial charge in [0.15, 0.2) is 0 Å². The molecule has 9 nitrogen and oxygen atoms in total. The SMILES string of the molecule is [C-]#[N+]c1cc2c(Oc3ccc(NC(=O)Nc4ccccn4)cc3)ccnc2cc1OCCOC. The summed E-state index contributed by atoms with van der Waals surface area (Å²) in [6.45, 7) is 8.24. The number of aromatic nitrogens is 2. The molecule has 2 N–H and O–H groups in total. The van der Waals surface area contributed by atoms with E-state index in [9.17, 15) is 4.79 Å². The average Bonchev–Trinajstić information content (AvgIpc) is 2.85. The molecule has 0 aliphatic rings. The van der Waals surface area contributed by atoms with E-state index in [1.165, 1.54) is 0 Å². The predicted molar refractivity (Wildman–Crippen MR) is 129 cm³/mol. The van der Waals surface area contributed by atoms with Crippen molar-refractivity contribution in [2.24, 2.45) is 0 Å². The van der Waals surface area contributed by atoms with Crippen molar-refractivity contribution in [2.75, 3.05) is 31.0 Å². The second-order valence-electron chi connectivity index (χ2n) is 7.02. The summed E-state index contributed by atoms with van der Waals surface area (Å²) < 4.78 is 16.7. The van der Waals surface area contributed by atoms with Gasteiger partial charge in [0.25, 0.3) is 0 Å². The Morgan fingerprint density at radius 2 is 1.82 bits per heavy atom. The lowest BCUT2D eigenvalue weighted by molar-refractivity contribution is 0.147. The summed E-state index contributed by atoms with van der Waals surface area (Å²) in [5, 5.41) is 6.08. The summed E-state index contributed by atoms with van der Waals surface area (Å²) in [5.74, 6) is 2.01. The molecule has 170 valence electrons. The molecule has 0 spiro atoms. The fraction of sp³-hybridized carbons (Fsp3) is 0.120. The third kappa shape index (κ3) is 5.56. The van der Waals surface area contributed by atoms with Gasteiger partial charge in [-0.1, -0.05) is 6.07 Å². The molecule has 4 rings (SSSR count). The second-order valence-corrected chi connectivity index (χ2v) is 7.02. The van der Waals surface area contributed by atoms with Gasteiger partial charge in [0, 0.05) is 30.6 Å². The molecule has 0 atom stereocenters. The van der Waals surface area contributed by atoms with E-state index in [0.29, 0.717) is 58.6 Å². The van der Waals surface area contributed by atoms with Crippen LogP contribution in [0, 0.1) is 6.57 Å². The number of nitrogens with one attached hydrogen (secondary N) is 2. The quantitative estimate of drug-likeness (QED) is 0.263. The summed E-state index contributed by atoms with van der Waals surface area (Å²) in [4.78, 5) is 24.1. The molecule has 0 bridgehead atoms. The maximum atomic E-state index is 12.1. The third-order valence-electron chi connectivity index (χ3n) is 4.69. The predicted octanol–water partition coefficient (Wildman–Crippen LogP) is 5.64. The molecular weight excluding hydrogens is 434 g/mol. The lowest BCUT2D eigenvalue weighted by atomic mass is 10.1. The highest BCUT2D eigenvalue weighted by atomic mass is 16.5. The Balaban J connectivity index is 1.47. The van der Waals surface area contributed by atoms with Crippen LogP contribution < -0.4 is 20.1 Å². The topological polar surface area (TPSA) is 99.0 Å². The zero-order valence-electron chi connectivity index (χ0n) is 18.3. The Bertz CT molecular complexity index is 1320. The van der Waals surface area contributed by atoms with Crippen molar-refractivity contribution in [2.45, 2.75) is 0 Å². The molecule has 34 heavy (non-hydrogen) atoms. The Morgan fingerprint density at radius 1 is 0.971 bits per heavy atom. The number of methoxy groups -OCH3 is 1. The molecule has 2 aromatic carbocycles. The van der Waals surface area contributed by atoms with Crippen LogP contribution in [0.2, 0.25) is 0 Å². The van der Waals surface area contributed by atoms with Crippen molar-refractivity contribution < 1.29 is 19.0 Å². The number of rotatable bonds is 8. The zero-order chi connectivity index (χ0) is 23.8. The standard InChI is InChI=1S/C25H21N5O4/c1-26-21-15-19-20(16-23(21)33-14-13-32-2)27-12-10-22(19)34-18-8-6-17(7-9-18)29-25(31)30-24-5-3-4-11-28-24/h3-12,15-16H,13-14H2,2H3,(H2,28,29,30,31). The van der Waals surface area contributed by atoms with Crippen LogP contribution in [0.3, 0.4) is 0 Å². The summed E-state index contributed by atoms with van der Waals surface area (Å²) >= 11 is 0. The molecule has 4 aromatic rings. The van der Waals surface area contributed by atoms with Crippen LogP contribution in [0.15, 0.2) is 73.1 Å². The number of hydrogen-bond acceptors (Lipinski definition) is 6. The normalized spacial score (nSPS) is 10.4. The Kier molecular flexibility index (Phi) is 7.12. The number of urea groups is 1. The first kappa shape index (κ1) is 22.5. The molecule has 0 saturated carbocycles. The fourth-order valence-corrected chi connectivity index (χ4v) is 3.11. The lowest BCUT2D eigenvalue weighted by Crippen LogP contribution is -2.19.